The summed E-state index contributed by atoms with van der Waals surface area (Å²) in [4.78, 5) is 36.1. The van der Waals surface area contributed by atoms with Crippen LogP contribution in [-0.4, -0.2) is 56.7 Å². The van der Waals surface area contributed by atoms with Crippen LogP contribution in [0.4, 0.5) is 5.00 Å². The predicted molar refractivity (Wildman–Crippen MR) is 107 cm³/mol. The number of carbonyl (C=O) groups excluding carboxylic acids is 2. The maximum atomic E-state index is 12.9. The van der Waals surface area contributed by atoms with Gasteiger partial charge >= 0.3 is 5.00 Å². The molecule has 0 spiro atoms. The molecule has 0 saturated carbocycles. The molecule has 3 rings (SSSR count). The van der Waals surface area contributed by atoms with Crippen molar-refractivity contribution in [3.63, 3.8) is 0 Å². The fourth-order valence-electron chi connectivity index (χ4n) is 3.08. The third-order valence-corrected chi connectivity index (χ3v) is 5.80. The van der Waals surface area contributed by atoms with Crippen LogP contribution in [0.3, 0.4) is 0 Å². The summed E-state index contributed by atoms with van der Waals surface area (Å²) in [6.45, 7) is 2.44. The van der Waals surface area contributed by atoms with Gasteiger partial charge in [-0.25, -0.2) is 10.0 Å². The lowest BCUT2D eigenvalue weighted by molar-refractivity contribution is -0.381. The molecule has 10 nitrogen and oxygen atoms in total. The maximum Gasteiger partial charge on any atom is 0.366 e. The van der Waals surface area contributed by atoms with Crippen molar-refractivity contribution in [3.8, 4) is 5.75 Å². The van der Waals surface area contributed by atoms with Crippen molar-refractivity contribution in [2.24, 2.45) is 7.05 Å². The number of methoxy groups -OCH3 is 1. The highest BCUT2D eigenvalue weighted by atomic mass is 35.5. The van der Waals surface area contributed by atoms with Crippen LogP contribution in [0, 0.1) is 17.0 Å². The molecule has 1 fully saturated rings. The minimum Gasteiger partial charge on any atom is -0.489 e. The van der Waals surface area contributed by atoms with Gasteiger partial charge in [0, 0.05) is 37.2 Å². The Labute approximate surface area is 175 Å². The number of halogens is 1. The van der Waals surface area contributed by atoms with Gasteiger partial charge in [0.25, 0.3) is 11.8 Å². The number of amides is 2. The van der Waals surface area contributed by atoms with Crippen LogP contribution in [0.15, 0.2) is 11.5 Å². The summed E-state index contributed by atoms with van der Waals surface area (Å²) in [7, 11) is 2.96. The van der Waals surface area contributed by atoms with Crippen molar-refractivity contribution in [2.75, 3.05) is 20.2 Å². The minimum atomic E-state index is -0.601. The summed E-state index contributed by atoms with van der Waals surface area (Å²) in [5, 5.41) is 19.4. The van der Waals surface area contributed by atoms with Gasteiger partial charge in [-0.3, -0.25) is 24.4 Å². The lowest BCUT2D eigenvalue weighted by atomic mass is 10.2. The molecule has 2 aromatic heterocycles. The van der Waals surface area contributed by atoms with E-state index in [1.165, 1.54) is 33.3 Å². The van der Waals surface area contributed by atoms with Crippen molar-refractivity contribution >= 4 is 45.8 Å². The first-order valence-corrected chi connectivity index (χ1v) is 9.82. The number of hydrogen-bond donors (Lipinski definition) is 0. The zero-order valence-electron chi connectivity index (χ0n) is 15.9. The van der Waals surface area contributed by atoms with Gasteiger partial charge in [0.15, 0.2) is 0 Å². The Morgan fingerprint density at radius 2 is 2.07 bits per heavy atom. The van der Waals surface area contributed by atoms with Crippen LogP contribution in [0.5, 0.6) is 5.75 Å². The zero-order valence-corrected chi connectivity index (χ0v) is 17.5. The molecule has 1 aliphatic rings. The standard InChI is InChI=1S/C17H18ClN5O5S/c1-10-11(15(18)20(2)19-10)5-6-13(24)21-7-4-8-22(21)16(25)12-9-29-17(23(26)27)14(12)28-3/h5-6,9H,4,7-8H2,1-3H3. The summed E-state index contributed by atoms with van der Waals surface area (Å²) in [5.41, 5.74) is 1.35. The molecule has 0 aliphatic carbocycles. The molecule has 2 aromatic rings. The normalized spacial score (nSPS) is 14.1. The Morgan fingerprint density at radius 3 is 2.66 bits per heavy atom. The smallest absolute Gasteiger partial charge is 0.366 e. The molecule has 12 heteroatoms. The molecule has 3 heterocycles. The molecule has 0 atom stereocenters. The van der Waals surface area contributed by atoms with Crippen molar-refractivity contribution < 1.29 is 19.2 Å². The van der Waals surface area contributed by atoms with Gasteiger partial charge in [0.1, 0.15) is 10.7 Å². The fourth-order valence-corrected chi connectivity index (χ4v) is 4.14. The second kappa shape index (κ2) is 8.21. The van der Waals surface area contributed by atoms with E-state index in [-0.39, 0.29) is 16.3 Å². The van der Waals surface area contributed by atoms with E-state index in [1.807, 2.05) is 0 Å². The van der Waals surface area contributed by atoms with Crippen LogP contribution in [0.2, 0.25) is 5.15 Å². The average molecular weight is 440 g/mol. The molecule has 1 saturated heterocycles. The molecule has 2 amide bonds. The largest absolute Gasteiger partial charge is 0.489 e. The minimum absolute atomic E-state index is 0.0547. The SMILES string of the molecule is COc1c(C(=O)N2CCCN2C(=O)C=Cc2c(C)nn(C)c2Cl)csc1[N+](=O)[O-]. The van der Waals surface area contributed by atoms with E-state index in [0.717, 1.165) is 11.3 Å². The average Bonchev–Trinajstić information content (AvgIpc) is 3.38. The van der Waals surface area contributed by atoms with Gasteiger partial charge in [-0.2, -0.15) is 5.10 Å². The molecule has 0 aromatic carbocycles. The zero-order chi connectivity index (χ0) is 21.3. The Hall–Kier alpha value is -2.92. The van der Waals surface area contributed by atoms with Crippen molar-refractivity contribution in [1.82, 2.24) is 19.8 Å². The first kappa shape index (κ1) is 20.8. The Bertz CT molecular complexity index is 1010. The second-order valence-corrected chi connectivity index (χ2v) is 7.45. The number of hydrogen-bond acceptors (Lipinski definition) is 7. The van der Waals surface area contributed by atoms with Crippen LogP contribution in [0.1, 0.15) is 28.0 Å². The third kappa shape index (κ3) is 3.83. The van der Waals surface area contributed by atoms with E-state index in [4.69, 9.17) is 16.3 Å². The van der Waals surface area contributed by atoms with Crippen molar-refractivity contribution in [3.05, 3.63) is 43.5 Å². The molecule has 0 N–H and O–H groups in total. The highest BCUT2D eigenvalue weighted by Gasteiger charge is 2.35. The molecule has 0 bridgehead atoms. The molecule has 0 radical (unpaired) electrons. The summed E-state index contributed by atoms with van der Waals surface area (Å²) in [6.07, 6.45) is 3.48. The molecule has 0 unspecified atom stereocenters. The molecule has 1 aliphatic heterocycles. The highest BCUT2D eigenvalue weighted by molar-refractivity contribution is 7.14. The van der Waals surface area contributed by atoms with E-state index in [1.54, 1.807) is 20.0 Å². The number of aryl methyl sites for hydroxylation is 2. The quantitative estimate of drug-likeness (QED) is 0.402. The lowest BCUT2D eigenvalue weighted by Gasteiger charge is -2.26. The third-order valence-electron chi connectivity index (χ3n) is 4.44. The number of carbonyl (C=O) groups is 2. The fraction of sp³-hybridized carbons (Fsp3) is 0.353. The van der Waals surface area contributed by atoms with E-state index in [0.29, 0.717) is 35.9 Å². The number of aromatic nitrogens is 2. The Balaban J connectivity index is 1.83. The van der Waals surface area contributed by atoms with E-state index >= 15 is 0 Å². The van der Waals surface area contributed by atoms with Crippen LogP contribution in [0.25, 0.3) is 6.08 Å². The summed E-state index contributed by atoms with van der Waals surface area (Å²) < 4.78 is 6.57. The Kier molecular flexibility index (Phi) is 5.89. The summed E-state index contributed by atoms with van der Waals surface area (Å²) >= 11 is 6.98. The van der Waals surface area contributed by atoms with Gasteiger partial charge in [-0.15, -0.1) is 0 Å². The van der Waals surface area contributed by atoms with Gasteiger partial charge < -0.3 is 4.74 Å². The number of nitrogens with zero attached hydrogens (tertiary/aromatic N) is 5. The van der Waals surface area contributed by atoms with Gasteiger partial charge in [-0.05, 0) is 19.4 Å². The number of ether oxygens (including phenoxy) is 1. The lowest BCUT2D eigenvalue weighted by Crippen LogP contribution is -2.44. The number of thiophene rings is 1. The van der Waals surface area contributed by atoms with E-state index in [9.17, 15) is 19.7 Å². The van der Waals surface area contributed by atoms with Gasteiger partial charge in [0.05, 0.1) is 17.7 Å². The van der Waals surface area contributed by atoms with Gasteiger partial charge in [-0.1, -0.05) is 22.9 Å². The van der Waals surface area contributed by atoms with E-state index in [2.05, 4.69) is 5.10 Å². The van der Waals surface area contributed by atoms with Gasteiger partial charge in [0.2, 0.25) is 5.75 Å². The molecular weight excluding hydrogens is 422 g/mol. The second-order valence-electron chi connectivity index (χ2n) is 6.23. The predicted octanol–water partition coefficient (Wildman–Crippen LogP) is 2.66. The maximum absolute atomic E-state index is 12.9. The molecule has 154 valence electrons. The molecular formula is C17H18ClN5O5S. The number of rotatable bonds is 5. The first-order valence-electron chi connectivity index (χ1n) is 8.56. The highest BCUT2D eigenvalue weighted by Crippen LogP contribution is 2.38. The van der Waals surface area contributed by atoms with Crippen molar-refractivity contribution in [1.29, 1.82) is 0 Å². The topological polar surface area (TPSA) is 111 Å². The first-order chi connectivity index (χ1) is 13.8. The van der Waals surface area contributed by atoms with Crippen LogP contribution >= 0.6 is 22.9 Å². The van der Waals surface area contributed by atoms with Crippen LogP contribution < -0.4 is 4.74 Å². The van der Waals surface area contributed by atoms with E-state index < -0.39 is 16.7 Å². The molecule has 29 heavy (non-hydrogen) atoms. The van der Waals surface area contributed by atoms with Crippen molar-refractivity contribution in [2.45, 2.75) is 13.3 Å². The van der Waals surface area contributed by atoms with Crippen LogP contribution in [-0.2, 0) is 11.8 Å². The monoisotopic (exact) mass is 439 g/mol. The summed E-state index contributed by atoms with van der Waals surface area (Å²) in [5.74, 6) is -1.03. The number of hydrazine groups is 1. The Morgan fingerprint density at radius 1 is 1.38 bits per heavy atom. The summed E-state index contributed by atoms with van der Waals surface area (Å²) in [6, 6.07) is 0. The number of nitro groups is 1.